The van der Waals surface area contributed by atoms with Gasteiger partial charge >= 0.3 is 5.97 Å². The van der Waals surface area contributed by atoms with Gasteiger partial charge < -0.3 is 4.74 Å². The first-order chi connectivity index (χ1) is 12.6. The summed E-state index contributed by atoms with van der Waals surface area (Å²) >= 11 is 0. The Morgan fingerprint density at radius 1 is 1.04 bits per heavy atom. The summed E-state index contributed by atoms with van der Waals surface area (Å²) in [6, 6.07) is 21.0. The van der Waals surface area contributed by atoms with Gasteiger partial charge in [0.15, 0.2) is 5.41 Å². The van der Waals surface area contributed by atoms with Gasteiger partial charge in [0, 0.05) is 24.7 Å². The number of ketones is 1. The van der Waals surface area contributed by atoms with Gasteiger partial charge in [-0.15, -0.1) is 0 Å². The molecule has 26 heavy (non-hydrogen) atoms. The summed E-state index contributed by atoms with van der Waals surface area (Å²) < 4.78 is 5.34. The normalized spacial score (nSPS) is 21.6. The Balaban J connectivity index is 2.20. The maximum absolute atomic E-state index is 13.1. The molecule has 132 valence electrons. The molecule has 2 aromatic carbocycles. The number of Topliss-reactive ketones (excluding diaryl/α,β-unsaturated/α-hetero) is 1. The molecule has 0 saturated heterocycles. The van der Waals surface area contributed by atoms with Crippen LogP contribution in [0.2, 0.25) is 0 Å². The Bertz CT molecular complexity index is 772. The molecule has 4 nitrogen and oxygen atoms in total. The fourth-order valence-electron chi connectivity index (χ4n) is 3.97. The second-order valence-electron chi connectivity index (χ2n) is 6.57. The Labute approximate surface area is 153 Å². The Morgan fingerprint density at radius 3 is 1.88 bits per heavy atom. The second kappa shape index (κ2) is 7.53. The minimum Gasteiger partial charge on any atom is -0.465 e. The van der Waals surface area contributed by atoms with E-state index in [1.54, 1.807) is 6.92 Å². The van der Waals surface area contributed by atoms with Crippen molar-refractivity contribution in [2.24, 2.45) is 5.41 Å². The standard InChI is InChI=1S/C22H21NO3/c1-2-26-21(25)22(15-23)19(16-9-5-3-6-10-16)13-18(24)14-20(22)17-11-7-4-8-12-17/h3-12,19-20H,2,13-14H2,1H3/t19-,20-/m0/s1. The van der Waals surface area contributed by atoms with E-state index in [1.165, 1.54) is 0 Å². The van der Waals surface area contributed by atoms with Gasteiger partial charge in [-0.3, -0.25) is 9.59 Å². The first-order valence-corrected chi connectivity index (χ1v) is 8.83. The Kier molecular flexibility index (Phi) is 5.18. The van der Waals surface area contributed by atoms with Crippen LogP contribution in [0.3, 0.4) is 0 Å². The van der Waals surface area contributed by atoms with E-state index in [4.69, 9.17) is 4.74 Å². The first-order valence-electron chi connectivity index (χ1n) is 8.83. The van der Waals surface area contributed by atoms with Gasteiger partial charge in [-0.05, 0) is 18.1 Å². The molecule has 3 rings (SSSR count). The van der Waals surface area contributed by atoms with Crippen LogP contribution in [0.1, 0.15) is 42.7 Å². The van der Waals surface area contributed by atoms with Crippen LogP contribution in [0.15, 0.2) is 60.7 Å². The van der Waals surface area contributed by atoms with Crippen LogP contribution in [-0.4, -0.2) is 18.4 Å². The smallest absolute Gasteiger partial charge is 0.327 e. The van der Waals surface area contributed by atoms with Gasteiger partial charge in [-0.25, -0.2) is 0 Å². The van der Waals surface area contributed by atoms with Crippen molar-refractivity contribution in [2.45, 2.75) is 31.6 Å². The molecule has 0 heterocycles. The molecule has 0 amide bonds. The van der Waals surface area contributed by atoms with E-state index in [0.29, 0.717) is 0 Å². The highest BCUT2D eigenvalue weighted by Gasteiger charge is 2.58. The van der Waals surface area contributed by atoms with Crippen LogP contribution in [0.4, 0.5) is 0 Å². The van der Waals surface area contributed by atoms with Crippen molar-refractivity contribution in [1.29, 1.82) is 5.26 Å². The van der Waals surface area contributed by atoms with Crippen molar-refractivity contribution >= 4 is 11.8 Å². The lowest BCUT2D eigenvalue weighted by Gasteiger charge is -2.42. The van der Waals surface area contributed by atoms with Crippen molar-refractivity contribution in [3.63, 3.8) is 0 Å². The van der Waals surface area contributed by atoms with E-state index in [1.807, 2.05) is 60.7 Å². The minimum absolute atomic E-state index is 0.0582. The third kappa shape index (κ3) is 3.01. The molecule has 2 aromatic rings. The Morgan fingerprint density at radius 2 is 1.50 bits per heavy atom. The number of nitriles is 1. The monoisotopic (exact) mass is 347 g/mol. The molecule has 0 radical (unpaired) electrons. The number of carbonyl (C=O) groups excluding carboxylic acids is 2. The third-order valence-electron chi connectivity index (χ3n) is 5.16. The summed E-state index contributed by atoms with van der Waals surface area (Å²) in [5.41, 5.74) is 0.208. The van der Waals surface area contributed by atoms with Crippen LogP contribution >= 0.6 is 0 Å². The summed E-state index contributed by atoms with van der Waals surface area (Å²) in [6.45, 7) is 1.92. The average molecular weight is 347 g/mol. The summed E-state index contributed by atoms with van der Waals surface area (Å²) in [5.74, 6) is -1.54. The number of ether oxygens (including phenoxy) is 1. The zero-order valence-corrected chi connectivity index (χ0v) is 14.7. The molecule has 4 heteroatoms. The van der Waals surface area contributed by atoms with Gasteiger partial charge in [0.25, 0.3) is 0 Å². The number of nitrogens with zero attached hydrogens (tertiary/aromatic N) is 1. The summed E-state index contributed by atoms with van der Waals surface area (Å²) in [5, 5.41) is 10.2. The number of hydrogen-bond acceptors (Lipinski definition) is 4. The lowest BCUT2D eigenvalue weighted by molar-refractivity contribution is -0.156. The van der Waals surface area contributed by atoms with Crippen LogP contribution in [0.5, 0.6) is 0 Å². The van der Waals surface area contributed by atoms with Gasteiger partial charge in [0.05, 0.1) is 12.7 Å². The van der Waals surface area contributed by atoms with E-state index in [9.17, 15) is 14.9 Å². The molecule has 1 aliphatic carbocycles. The molecular formula is C22H21NO3. The van der Waals surface area contributed by atoms with Gasteiger partial charge in [-0.2, -0.15) is 5.26 Å². The van der Waals surface area contributed by atoms with E-state index >= 15 is 0 Å². The van der Waals surface area contributed by atoms with Gasteiger partial charge in [0.2, 0.25) is 0 Å². The number of benzene rings is 2. The fourth-order valence-corrected chi connectivity index (χ4v) is 3.97. The van der Waals surface area contributed by atoms with Crippen molar-refractivity contribution < 1.29 is 14.3 Å². The van der Waals surface area contributed by atoms with Crippen molar-refractivity contribution in [3.05, 3.63) is 71.8 Å². The molecule has 0 N–H and O–H groups in total. The van der Waals surface area contributed by atoms with Crippen molar-refractivity contribution in [2.75, 3.05) is 6.61 Å². The highest BCUT2D eigenvalue weighted by atomic mass is 16.5. The molecule has 0 unspecified atom stereocenters. The predicted octanol–water partition coefficient (Wildman–Crippen LogP) is 3.99. The first kappa shape index (κ1) is 17.9. The van der Waals surface area contributed by atoms with Gasteiger partial charge in [0.1, 0.15) is 5.78 Å². The topological polar surface area (TPSA) is 67.2 Å². The highest BCUT2D eigenvalue weighted by Crippen LogP contribution is 2.54. The largest absolute Gasteiger partial charge is 0.465 e. The molecule has 1 saturated carbocycles. The number of esters is 1. The van der Waals surface area contributed by atoms with E-state index in [2.05, 4.69) is 6.07 Å². The fraction of sp³-hybridized carbons (Fsp3) is 0.318. The Hall–Kier alpha value is -2.93. The van der Waals surface area contributed by atoms with E-state index in [-0.39, 0.29) is 25.2 Å². The minimum atomic E-state index is -1.42. The zero-order valence-electron chi connectivity index (χ0n) is 14.7. The van der Waals surface area contributed by atoms with Crippen LogP contribution in [-0.2, 0) is 14.3 Å². The molecule has 0 aliphatic heterocycles. The maximum atomic E-state index is 13.1. The zero-order chi connectivity index (χ0) is 18.6. The third-order valence-corrected chi connectivity index (χ3v) is 5.16. The average Bonchev–Trinajstić information content (AvgIpc) is 2.69. The molecule has 0 aromatic heterocycles. The maximum Gasteiger partial charge on any atom is 0.327 e. The van der Waals surface area contributed by atoms with Crippen LogP contribution < -0.4 is 0 Å². The molecule has 0 bridgehead atoms. The summed E-state index contributed by atoms with van der Waals surface area (Å²) in [6.07, 6.45) is 0.333. The summed E-state index contributed by atoms with van der Waals surface area (Å²) in [7, 11) is 0. The molecule has 1 fully saturated rings. The molecule has 1 aliphatic rings. The SMILES string of the molecule is CCOC(=O)C1(C#N)[C@H](c2ccccc2)CC(=O)C[C@H]1c1ccccc1. The van der Waals surface area contributed by atoms with E-state index in [0.717, 1.165) is 11.1 Å². The number of hydrogen-bond donors (Lipinski definition) is 0. The second-order valence-corrected chi connectivity index (χ2v) is 6.57. The summed E-state index contributed by atoms with van der Waals surface area (Å²) in [4.78, 5) is 25.6. The highest BCUT2D eigenvalue weighted by molar-refractivity contribution is 5.90. The van der Waals surface area contributed by atoms with E-state index < -0.39 is 23.2 Å². The number of carbonyl (C=O) groups is 2. The molecule has 0 spiro atoms. The van der Waals surface area contributed by atoms with Crippen molar-refractivity contribution in [3.8, 4) is 6.07 Å². The van der Waals surface area contributed by atoms with Crippen LogP contribution in [0, 0.1) is 16.7 Å². The number of rotatable bonds is 4. The van der Waals surface area contributed by atoms with Gasteiger partial charge in [-0.1, -0.05) is 60.7 Å². The lowest BCUT2D eigenvalue weighted by Crippen LogP contribution is -2.47. The molecule has 2 atom stereocenters. The van der Waals surface area contributed by atoms with Crippen molar-refractivity contribution in [1.82, 2.24) is 0 Å². The molecular weight excluding hydrogens is 326 g/mol. The predicted molar refractivity (Wildman–Crippen MR) is 97.3 cm³/mol. The van der Waals surface area contributed by atoms with Crippen LogP contribution in [0.25, 0.3) is 0 Å². The quantitative estimate of drug-likeness (QED) is 0.784. The lowest BCUT2D eigenvalue weighted by atomic mass is 9.56.